The third-order valence-corrected chi connectivity index (χ3v) is 4.28. The molecule has 1 atom stereocenters. The molecule has 0 aromatic heterocycles. The summed E-state index contributed by atoms with van der Waals surface area (Å²) in [5.41, 5.74) is -2.67. The molecule has 10 heteroatoms. The van der Waals surface area contributed by atoms with Crippen LogP contribution in [0.25, 0.3) is 0 Å². The Morgan fingerprint density at radius 1 is 1.24 bits per heavy atom. The minimum absolute atomic E-state index is 0.151. The Labute approximate surface area is 146 Å². The van der Waals surface area contributed by atoms with Crippen LogP contribution >= 0.6 is 0 Å². The molecule has 0 aliphatic rings. The second-order valence-electron chi connectivity index (χ2n) is 6.78. The second-order valence-corrected chi connectivity index (χ2v) is 8.59. The first-order valence-electron chi connectivity index (χ1n) is 7.38. The van der Waals surface area contributed by atoms with E-state index in [1.807, 2.05) is 0 Å². The van der Waals surface area contributed by atoms with Gasteiger partial charge < -0.3 is 9.84 Å². The Hall–Kier alpha value is -2.04. The Morgan fingerprint density at radius 3 is 2.20 bits per heavy atom. The first-order valence-corrected chi connectivity index (χ1v) is 9.04. The van der Waals surface area contributed by atoms with Crippen molar-refractivity contribution < 1.29 is 28.0 Å². The average Bonchev–Trinajstić information content (AvgIpc) is 2.44. The number of carbonyl (C=O) groups excluding carboxylic acids is 1. The number of benzene rings is 1. The summed E-state index contributed by atoms with van der Waals surface area (Å²) in [4.78, 5) is 21.9. The lowest BCUT2D eigenvalue weighted by Crippen LogP contribution is -2.49. The highest BCUT2D eigenvalue weighted by molar-refractivity contribution is 7.88. The van der Waals surface area contributed by atoms with Gasteiger partial charge in [0.15, 0.2) is 5.60 Å². The minimum Gasteiger partial charge on any atom is -0.458 e. The van der Waals surface area contributed by atoms with E-state index in [0.29, 0.717) is 5.56 Å². The van der Waals surface area contributed by atoms with Gasteiger partial charge in [0.05, 0.1) is 10.7 Å². The van der Waals surface area contributed by atoms with Gasteiger partial charge in [-0.15, -0.1) is 0 Å². The van der Waals surface area contributed by atoms with E-state index < -0.39 is 44.4 Å². The molecule has 0 aliphatic carbocycles. The molecule has 0 saturated carbocycles. The number of nitro groups is 1. The van der Waals surface area contributed by atoms with Gasteiger partial charge in [-0.3, -0.25) is 10.1 Å². The number of hydrogen-bond acceptors (Lipinski definition) is 7. The summed E-state index contributed by atoms with van der Waals surface area (Å²) in [5, 5.41) is 20.7. The number of aliphatic hydroxyl groups is 1. The van der Waals surface area contributed by atoms with Crippen molar-refractivity contribution in [1.29, 1.82) is 0 Å². The number of non-ortho nitro benzene ring substituents is 1. The number of ether oxygens (including phenoxy) is 1. The third kappa shape index (κ3) is 7.16. The summed E-state index contributed by atoms with van der Waals surface area (Å²) >= 11 is 0. The van der Waals surface area contributed by atoms with Gasteiger partial charge >= 0.3 is 5.97 Å². The first-order chi connectivity index (χ1) is 11.2. The van der Waals surface area contributed by atoms with Gasteiger partial charge in [0.1, 0.15) is 5.60 Å². The van der Waals surface area contributed by atoms with Gasteiger partial charge in [-0.25, -0.2) is 17.9 Å². The highest BCUT2D eigenvalue weighted by Crippen LogP contribution is 2.16. The standard InChI is InChI=1S/C15H22N2O7S/c1-14(2,3)24-13(18)15(4,19)10-16-25(22,23)9-11-5-7-12(8-6-11)17(20)21/h5-8,16,19H,9-10H2,1-4H3/t15-/m0/s1. The lowest BCUT2D eigenvalue weighted by molar-refractivity contribution is -0.384. The topological polar surface area (TPSA) is 136 Å². The summed E-state index contributed by atoms with van der Waals surface area (Å²) in [6, 6.07) is 5.04. The van der Waals surface area contributed by atoms with E-state index in [9.17, 15) is 28.4 Å². The molecular formula is C15H22N2O7S. The first kappa shape index (κ1) is 21.0. The lowest BCUT2D eigenvalue weighted by atomic mass is 10.1. The Bertz CT molecular complexity index is 734. The molecule has 25 heavy (non-hydrogen) atoms. The maximum Gasteiger partial charge on any atom is 0.339 e. The molecule has 1 aromatic rings. The molecule has 9 nitrogen and oxygen atoms in total. The van der Waals surface area contributed by atoms with Crippen molar-refractivity contribution in [3.05, 3.63) is 39.9 Å². The van der Waals surface area contributed by atoms with Crippen LogP contribution in [0.2, 0.25) is 0 Å². The maximum absolute atomic E-state index is 12.1. The van der Waals surface area contributed by atoms with Crippen molar-refractivity contribution >= 4 is 21.7 Å². The van der Waals surface area contributed by atoms with Crippen LogP contribution in [0.15, 0.2) is 24.3 Å². The number of hydrogen-bond donors (Lipinski definition) is 2. The molecule has 1 rings (SSSR count). The molecule has 0 fully saturated rings. The van der Waals surface area contributed by atoms with Crippen LogP contribution in [0.4, 0.5) is 5.69 Å². The van der Waals surface area contributed by atoms with Crippen molar-refractivity contribution in [2.75, 3.05) is 6.54 Å². The van der Waals surface area contributed by atoms with Crippen molar-refractivity contribution in [3.63, 3.8) is 0 Å². The van der Waals surface area contributed by atoms with Crippen molar-refractivity contribution in [2.45, 2.75) is 44.6 Å². The van der Waals surface area contributed by atoms with E-state index in [1.165, 1.54) is 24.3 Å². The number of rotatable bonds is 7. The number of nitrogens with zero attached hydrogens (tertiary/aromatic N) is 1. The molecule has 140 valence electrons. The predicted octanol–water partition coefficient (Wildman–Crippen LogP) is 1.11. The molecular weight excluding hydrogens is 352 g/mol. The molecule has 0 spiro atoms. The van der Waals surface area contributed by atoms with Crippen LogP contribution in [-0.4, -0.2) is 42.2 Å². The Kier molecular flexibility index (Phi) is 6.27. The van der Waals surface area contributed by atoms with Crippen LogP contribution in [0.3, 0.4) is 0 Å². The van der Waals surface area contributed by atoms with Gasteiger partial charge in [-0.1, -0.05) is 12.1 Å². The second kappa shape index (κ2) is 7.46. The summed E-state index contributed by atoms with van der Waals surface area (Å²) in [5.74, 6) is -1.40. The number of esters is 1. The average molecular weight is 374 g/mol. The molecule has 0 amide bonds. The Balaban J connectivity index is 2.71. The van der Waals surface area contributed by atoms with Crippen LogP contribution in [0, 0.1) is 10.1 Å². The smallest absolute Gasteiger partial charge is 0.339 e. The van der Waals surface area contributed by atoms with Crippen LogP contribution < -0.4 is 4.72 Å². The van der Waals surface area contributed by atoms with Crippen LogP contribution in [0.5, 0.6) is 0 Å². The van der Waals surface area contributed by atoms with Crippen LogP contribution in [-0.2, 0) is 25.3 Å². The van der Waals surface area contributed by atoms with E-state index in [2.05, 4.69) is 4.72 Å². The van der Waals surface area contributed by atoms with Gasteiger partial charge in [0.2, 0.25) is 10.0 Å². The van der Waals surface area contributed by atoms with Gasteiger partial charge in [0.25, 0.3) is 5.69 Å². The minimum atomic E-state index is -3.87. The lowest BCUT2D eigenvalue weighted by Gasteiger charge is -2.27. The summed E-state index contributed by atoms with van der Waals surface area (Å²) in [7, 11) is -3.87. The van der Waals surface area contributed by atoms with E-state index in [0.717, 1.165) is 6.92 Å². The zero-order valence-corrected chi connectivity index (χ0v) is 15.3. The number of sulfonamides is 1. The van der Waals surface area contributed by atoms with Crippen molar-refractivity contribution in [1.82, 2.24) is 4.72 Å². The molecule has 2 N–H and O–H groups in total. The number of carbonyl (C=O) groups is 1. The zero-order valence-electron chi connectivity index (χ0n) is 14.5. The monoisotopic (exact) mass is 374 g/mol. The fourth-order valence-corrected chi connectivity index (χ4v) is 2.93. The van der Waals surface area contributed by atoms with Gasteiger partial charge in [-0.05, 0) is 33.3 Å². The predicted molar refractivity (Wildman–Crippen MR) is 90.2 cm³/mol. The van der Waals surface area contributed by atoms with Crippen molar-refractivity contribution in [2.24, 2.45) is 0 Å². The fraction of sp³-hybridized carbons (Fsp3) is 0.533. The molecule has 0 unspecified atom stereocenters. The highest BCUT2D eigenvalue weighted by atomic mass is 32.2. The largest absolute Gasteiger partial charge is 0.458 e. The molecule has 0 aliphatic heterocycles. The quantitative estimate of drug-likeness (QED) is 0.414. The van der Waals surface area contributed by atoms with E-state index in [4.69, 9.17) is 4.74 Å². The summed E-state index contributed by atoms with van der Waals surface area (Å²) in [6.07, 6.45) is 0. The molecule has 0 heterocycles. The van der Waals surface area contributed by atoms with Gasteiger partial charge in [-0.2, -0.15) is 0 Å². The fourth-order valence-electron chi connectivity index (χ4n) is 1.70. The summed E-state index contributed by atoms with van der Waals surface area (Å²) in [6.45, 7) is 5.46. The number of nitrogens with one attached hydrogen (secondary N) is 1. The third-order valence-electron chi connectivity index (χ3n) is 2.98. The molecule has 0 saturated heterocycles. The number of nitro benzene ring substituents is 1. The zero-order chi connectivity index (χ0) is 19.5. The summed E-state index contributed by atoms with van der Waals surface area (Å²) < 4.78 is 31.3. The Morgan fingerprint density at radius 2 is 1.76 bits per heavy atom. The molecule has 0 radical (unpaired) electrons. The van der Waals surface area contributed by atoms with E-state index in [1.54, 1.807) is 20.8 Å². The van der Waals surface area contributed by atoms with Crippen molar-refractivity contribution in [3.8, 4) is 0 Å². The highest BCUT2D eigenvalue weighted by Gasteiger charge is 2.36. The molecule has 0 bridgehead atoms. The van der Waals surface area contributed by atoms with E-state index >= 15 is 0 Å². The van der Waals surface area contributed by atoms with E-state index in [-0.39, 0.29) is 5.69 Å². The van der Waals surface area contributed by atoms with Crippen LogP contribution in [0.1, 0.15) is 33.3 Å². The molecule has 1 aromatic carbocycles. The maximum atomic E-state index is 12.1. The SMILES string of the molecule is CC(C)(C)OC(=O)[C@@](C)(O)CNS(=O)(=O)Cc1ccc([N+](=O)[O-])cc1. The normalized spacial score (nSPS) is 14.6. The van der Waals surface area contributed by atoms with Gasteiger partial charge in [0, 0.05) is 18.7 Å².